The van der Waals surface area contributed by atoms with Crippen LogP contribution in [-0.2, 0) is 16.4 Å². The Morgan fingerprint density at radius 1 is 1.18 bits per heavy atom. The van der Waals surface area contributed by atoms with Crippen molar-refractivity contribution in [2.75, 3.05) is 70.4 Å². The first-order valence-corrected chi connectivity index (χ1v) is 11.5. The zero-order valence-corrected chi connectivity index (χ0v) is 19.6. The van der Waals surface area contributed by atoms with E-state index in [2.05, 4.69) is 32.1 Å². The van der Waals surface area contributed by atoms with Gasteiger partial charge >= 0.3 is 0 Å². The third-order valence-electron chi connectivity index (χ3n) is 5.00. The van der Waals surface area contributed by atoms with Gasteiger partial charge in [-0.3, -0.25) is 14.8 Å². The summed E-state index contributed by atoms with van der Waals surface area (Å²) in [6.45, 7) is 10.2. The molecule has 0 atom stereocenters. The molecule has 0 bridgehead atoms. The average molecular weight is 526 g/mol. The zero-order chi connectivity index (χ0) is 19.1. The molecule has 28 heavy (non-hydrogen) atoms. The van der Waals surface area contributed by atoms with Crippen molar-refractivity contribution < 1.29 is 12.9 Å². The van der Waals surface area contributed by atoms with Crippen LogP contribution in [0.4, 0.5) is 0 Å². The molecule has 0 radical (unpaired) electrons. The Kier molecular flexibility index (Phi) is 9.44. The van der Waals surface area contributed by atoms with Crippen molar-refractivity contribution in [1.29, 1.82) is 0 Å². The highest BCUT2D eigenvalue weighted by molar-refractivity contribution is 14.0. The molecule has 1 aromatic rings. The van der Waals surface area contributed by atoms with E-state index in [9.17, 15) is 8.42 Å². The molecule has 160 valence electrons. The van der Waals surface area contributed by atoms with Gasteiger partial charge in [-0.1, -0.05) is 5.16 Å². The highest BCUT2D eigenvalue weighted by Gasteiger charge is 2.22. The molecule has 0 aliphatic carbocycles. The quantitative estimate of drug-likeness (QED) is 0.317. The summed E-state index contributed by atoms with van der Waals surface area (Å²) < 4.78 is 27.9. The van der Waals surface area contributed by atoms with Crippen molar-refractivity contribution >= 4 is 39.8 Å². The lowest BCUT2D eigenvalue weighted by Gasteiger charge is -2.36. The number of guanidine groups is 1. The van der Waals surface area contributed by atoms with Crippen LogP contribution < -0.4 is 5.32 Å². The van der Waals surface area contributed by atoms with Crippen molar-refractivity contribution in [2.24, 2.45) is 4.99 Å². The maximum atomic E-state index is 11.5. The predicted octanol–water partition coefficient (Wildman–Crippen LogP) is 0.106. The Morgan fingerprint density at radius 3 is 2.50 bits per heavy atom. The van der Waals surface area contributed by atoms with Crippen LogP contribution in [0.15, 0.2) is 21.8 Å². The number of rotatable bonds is 6. The molecular weight excluding hydrogens is 495 g/mol. The number of nitrogens with one attached hydrogen (secondary N) is 1. The van der Waals surface area contributed by atoms with Crippen LogP contribution in [0.1, 0.15) is 12.6 Å². The minimum absolute atomic E-state index is 0. The Balaban J connectivity index is 0.00000280. The van der Waals surface area contributed by atoms with Gasteiger partial charge in [-0.15, -0.1) is 24.0 Å². The minimum Gasteiger partial charge on any atom is -0.364 e. The molecule has 3 rings (SSSR count). The standard InChI is InChI=1S/C17H30N6O3S.HI/c1-2-18-17(19-4-5-21-10-13-27(24,25)14-11-21)23-8-6-22(7-9-23)15-16-3-12-26-20-16;/h3,12H,2,4-11,13-15H2,1H3,(H,18,19);1H. The summed E-state index contributed by atoms with van der Waals surface area (Å²) in [6.07, 6.45) is 1.61. The highest BCUT2D eigenvalue weighted by atomic mass is 127. The molecule has 2 fully saturated rings. The summed E-state index contributed by atoms with van der Waals surface area (Å²) in [7, 11) is -2.82. The third-order valence-corrected chi connectivity index (χ3v) is 6.61. The average Bonchev–Trinajstić information content (AvgIpc) is 3.16. The Bertz CT molecular complexity index is 690. The van der Waals surface area contributed by atoms with E-state index in [4.69, 9.17) is 9.52 Å². The van der Waals surface area contributed by atoms with Crippen LogP contribution in [0.25, 0.3) is 0 Å². The van der Waals surface area contributed by atoms with Crippen molar-refractivity contribution in [3.63, 3.8) is 0 Å². The monoisotopic (exact) mass is 526 g/mol. The van der Waals surface area contributed by atoms with E-state index in [-0.39, 0.29) is 35.5 Å². The lowest BCUT2D eigenvalue weighted by molar-refractivity contribution is 0.169. The highest BCUT2D eigenvalue weighted by Crippen LogP contribution is 2.08. The van der Waals surface area contributed by atoms with Crippen LogP contribution in [0.3, 0.4) is 0 Å². The smallest absolute Gasteiger partial charge is 0.194 e. The summed E-state index contributed by atoms with van der Waals surface area (Å²) in [6, 6.07) is 1.91. The van der Waals surface area contributed by atoms with E-state index in [0.717, 1.165) is 57.5 Å². The van der Waals surface area contributed by atoms with Crippen molar-refractivity contribution in [3.8, 4) is 0 Å². The Morgan fingerprint density at radius 2 is 1.89 bits per heavy atom. The van der Waals surface area contributed by atoms with Gasteiger partial charge in [-0.05, 0) is 6.92 Å². The maximum Gasteiger partial charge on any atom is 0.194 e. The Hall–Kier alpha value is -0.920. The lowest BCUT2D eigenvalue weighted by Crippen LogP contribution is -2.52. The second-order valence-electron chi connectivity index (χ2n) is 6.98. The van der Waals surface area contributed by atoms with Gasteiger partial charge < -0.3 is 14.7 Å². The van der Waals surface area contributed by atoms with E-state index in [1.165, 1.54) is 0 Å². The molecule has 11 heteroatoms. The molecule has 0 unspecified atom stereocenters. The van der Waals surface area contributed by atoms with Crippen LogP contribution in [0.2, 0.25) is 0 Å². The van der Waals surface area contributed by atoms with Gasteiger partial charge in [0, 0.05) is 65.0 Å². The van der Waals surface area contributed by atoms with Gasteiger partial charge in [0.2, 0.25) is 0 Å². The van der Waals surface area contributed by atoms with Crippen molar-refractivity contribution in [1.82, 2.24) is 25.2 Å². The molecule has 1 N–H and O–H groups in total. The molecule has 0 saturated carbocycles. The van der Waals surface area contributed by atoms with E-state index < -0.39 is 9.84 Å². The summed E-state index contributed by atoms with van der Waals surface area (Å²) >= 11 is 0. The third kappa shape index (κ3) is 7.16. The number of aliphatic imine (C=N–C) groups is 1. The van der Waals surface area contributed by atoms with Crippen LogP contribution in [-0.4, -0.2) is 105 Å². The first-order valence-electron chi connectivity index (χ1n) is 9.63. The number of nitrogens with zero attached hydrogens (tertiary/aromatic N) is 5. The lowest BCUT2D eigenvalue weighted by atomic mass is 10.3. The fourth-order valence-corrected chi connectivity index (χ4v) is 4.64. The normalized spacial score (nSPS) is 21.3. The van der Waals surface area contributed by atoms with Gasteiger partial charge in [0.05, 0.1) is 23.7 Å². The van der Waals surface area contributed by atoms with Crippen molar-refractivity contribution in [3.05, 3.63) is 18.0 Å². The van der Waals surface area contributed by atoms with E-state index >= 15 is 0 Å². The molecule has 9 nitrogen and oxygen atoms in total. The molecule has 3 heterocycles. The van der Waals surface area contributed by atoms with Crippen LogP contribution in [0, 0.1) is 0 Å². The van der Waals surface area contributed by atoms with Gasteiger partial charge in [-0.2, -0.15) is 0 Å². The zero-order valence-electron chi connectivity index (χ0n) is 16.4. The second-order valence-corrected chi connectivity index (χ2v) is 9.29. The number of hydrogen-bond donors (Lipinski definition) is 1. The van der Waals surface area contributed by atoms with Gasteiger partial charge in [0.15, 0.2) is 15.8 Å². The molecule has 2 saturated heterocycles. The van der Waals surface area contributed by atoms with Crippen molar-refractivity contribution in [2.45, 2.75) is 13.5 Å². The summed E-state index contributed by atoms with van der Waals surface area (Å²) in [5.74, 6) is 1.48. The molecule has 1 aromatic heterocycles. The fourth-order valence-electron chi connectivity index (χ4n) is 3.36. The summed E-state index contributed by atoms with van der Waals surface area (Å²) in [4.78, 5) is 11.6. The van der Waals surface area contributed by atoms with E-state index in [1.807, 2.05) is 6.07 Å². The van der Waals surface area contributed by atoms with Crippen LogP contribution >= 0.6 is 24.0 Å². The predicted molar refractivity (Wildman–Crippen MR) is 120 cm³/mol. The van der Waals surface area contributed by atoms with E-state index in [1.54, 1.807) is 6.26 Å². The molecule has 2 aliphatic heterocycles. The molecule has 2 aliphatic rings. The number of piperazine rings is 1. The van der Waals surface area contributed by atoms with Gasteiger partial charge in [0.25, 0.3) is 0 Å². The van der Waals surface area contributed by atoms with Gasteiger partial charge in [-0.25, -0.2) is 8.42 Å². The fraction of sp³-hybridized carbons (Fsp3) is 0.765. The molecule has 0 amide bonds. The van der Waals surface area contributed by atoms with Gasteiger partial charge in [0.1, 0.15) is 6.26 Å². The summed E-state index contributed by atoms with van der Waals surface area (Å²) in [5, 5.41) is 7.36. The number of aromatic nitrogens is 1. The largest absolute Gasteiger partial charge is 0.364 e. The van der Waals surface area contributed by atoms with E-state index in [0.29, 0.717) is 19.6 Å². The molecular formula is C17H31IN6O3S. The number of hydrogen-bond acceptors (Lipinski definition) is 7. The molecule has 0 aromatic carbocycles. The Labute approximate surface area is 184 Å². The first kappa shape index (κ1) is 23.4. The summed E-state index contributed by atoms with van der Waals surface area (Å²) in [5.41, 5.74) is 0.965. The second kappa shape index (κ2) is 11.3. The maximum absolute atomic E-state index is 11.5. The number of halogens is 1. The van der Waals surface area contributed by atoms with Crippen LogP contribution in [0.5, 0.6) is 0 Å². The SMILES string of the molecule is CCNC(=NCCN1CCS(=O)(=O)CC1)N1CCN(Cc2ccon2)CC1.I. The topological polar surface area (TPSA) is 94.3 Å². The number of sulfone groups is 1. The first-order chi connectivity index (χ1) is 13.1. The minimum atomic E-state index is -2.82. The molecule has 0 spiro atoms.